The average molecular weight is 261 g/mol. The molecule has 0 saturated carbocycles. The Balaban J connectivity index is 2.03. The van der Waals surface area contributed by atoms with Crippen LogP contribution < -0.4 is 0 Å². The highest BCUT2D eigenvalue weighted by Gasteiger charge is 2.12. The van der Waals surface area contributed by atoms with Crippen molar-refractivity contribution in [3.05, 3.63) is 37.1 Å². The summed E-state index contributed by atoms with van der Waals surface area (Å²) in [7, 11) is 0. The molecule has 1 aliphatic heterocycles. The van der Waals surface area contributed by atoms with Crippen LogP contribution in [0.25, 0.3) is 0 Å². The lowest BCUT2D eigenvalue weighted by Gasteiger charge is -2.29. The zero-order valence-electron chi connectivity index (χ0n) is 12.7. The quantitative estimate of drug-likeness (QED) is 0.353. The van der Waals surface area contributed by atoms with E-state index < -0.39 is 0 Å². The number of allylic oxidation sites excluding steroid dienone is 2. The summed E-state index contributed by atoms with van der Waals surface area (Å²) in [5.74, 6) is 0. The molecule has 0 N–H and O–H groups in total. The van der Waals surface area contributed by atoms with E-state index in [9.17, 15) is 0 Å². The van der Waals surface area contributed by atoms with Gasteiger partial charge in [0.25, 0.3) is 0 Å². The summed E-state index contributed by atoms with van der Waals surface area (Å²) >= 11 is 0. The fourth-order valence-electron chi connectivity index (χ4n) is 2.67. The minimum absolute atomic E-state index is 0.586. The van der Waals surface area contributed by atoms with E-state index >= 15 is 0 Å². The van der Waals surface area contributed by atoms with Crippen molar-refractivity contribution in [2.24, 2.45) is 0 Å². The van der Waals surface area contributed by atoms with Gasteiger partial charge in [0.15, 0.2) is 0 Å². The van der Waals surface area contributed by atoms with Crippen LogP contribution in [0.15, 0.2) is 37.1 Å². The minimum Gasteiger partial charge on any atom is -0.367 e. The van der Waals surface area contributed by atoms with Gasteiger partial charge >= 0.3 is 0 Å². The molecule has 0 radical (unpaired) electrons. The number of nitrogens with zero attached hydrogens (tertiary/aromatic N) is 1. The maximum atomic E-state index is 3.83. The molecule has 0 aliphatic carbocycles. The number of rotatable bonds is 11. The number of unbranched alkanes of at least 4 members (excludes halogenated alkanes) is 7. The maximum absolute atomic E-state index is 3.83. The fourth-order valence-corrected chi connectivity index (χ4v) is 2.67. The molecule has 0 spiro atoms. The van der Waals surface area contributed by atoms with Gasteiger partial charge in [-0.15, -0.1) is 6.58 Å². The molecular weight excluding hydrogens is 230 g/mol. The van der Waals surface area contributed by atoms with Crippen LogP contribution >= 0.6 is 0 Å². The molecule has 1 unspecified atom stereocenters. The van der Waals surface area contributed by atoms with Gasteiger partial charge in [-0.05, 0) is 18.7 Å². The molecule has 1 aliphatic rings. The Kier molecular flexibility index (Phi) is 9.22. The smallest absolute Gasteiger partial charge is 0.0474 e. The maximum Gasteiger partial charge on any atom is 0.0474 e. The normalized spacial score (nSPS) is 17.9. The molecule has 108 valence electrons. The monoisotopic (exact) mass is 261 g/mol. The largest absolute Gasteiger partial charge is 0.367 e. The SMILES string of the molecule is C=CCN1C=CC=CC1CCCCCCCCCC. The van der Waals surface area contributed by atoms with Crippen molar-refractivity contribution < 1.29 is 0 Å². The highest BCUT2D eigenvalue weighted by atomic mass is 15.1. The topological polar surface area (TPSA) is 3.24 Å². The molecule has 0 amide bonds. The van der Waals surface area contributed by atoms with E-state index in [2.05, 4.69) is 42.8 Å². The van der Waals surface area contributed by atoms with Gasteiger partial charge in [0.1, 0.15) is 0 Å². The molecule has 0 bridgehead atoms. The van der Waals surface area contributed by atoms with Crippen molar-refractivity contribution in [1.82, 2.24) is 4.90 Å². The molecule has 0 aromatic carbocycles. The van der Waals surface area contributed by atoms with Gasteiger partial charge in [-0.3, -0.25) is 0 Å². The van der Waals surface area contributed by atoms with Crippen LogP contribution in [0, 0.1) is 0 Å². The first-order valence-electron chi connectivity index (χ1n) is 8.10. The lowest BCUT2D eigenvalue weighted by Crippen LogP contribution is -2.30. The van der Waals surface area contributed by atoms with Crippen molar-refractivity contribution in [2.45, 2.75) is 70.8 Å². The van der Waals surface area contributed by atoms with Crippen molar-refractivity contribution in [3.8, 4) is 0 Å². The van der Waals surface area contributed by atoms with Crippen molar-refractivity contribution >= 4 is 0 Å². The molecule has 1 heteroatoms. The second-order valence-electron chi connectivity index (χ2n) is 5.54. The Morgan fingerprint density at radius 2 is 1.68 bits per heavy atom. The zero-order chi connectivity index (χ0) is 13.8. The lowest BCUT2D eigenvalue weighted by atomic mass is 10.0. The summed E-state index contributed by atoms with van der Waals surface area (Å²) in [5, 5.41) is 0. The van der Waals surface area contributed by atoms with Crippen LogP contribution in [-0.2, 0) is 0 Å². The first kappa shape index (κ1) is 16.1. The highest BCUT2D eigenvalue weighted by molar-refractivity contribution is 5.13. The summed E-state index contributed by atoms with van der Waals surface area (Å²) in [6.07, 6.45) is 23.3. The van der Waals surface area contributed by atoms with Gasteiger partial charge in [-0.25, -0.2) is 0 Å². The second kappa shape index (κ2) is 10.9. The minimum atomic E-state index is 0.586. The summed E-state index contributed by atoms with van der Waals surface area (Å²) in [5.41, 5.74) is 0. The Morgan fingerprint density at radius 1 is 1.00 bits per heavy atom. The predicted octanol–water partition coefficient (Wildman–Crippen LogP) is 5.46. The van der Waals surface area contributed by atoms with Gasteiger partial charge in [-0.2, -0.15) is 0 Å². The van der Waals surface area contributed by atoms with Gasteiger partial charge in [-0.1, -0.05) is 76.5 Å². The predicted molar refractivity (Wildman–Crippen MR) is 86.2 cm³/mol. The van der Waals surface area contributed by atoms with Crippen LogP contribution in [0.5, 0.6) is 0 Å². The van der Waals surface area contributed by atoms with E-state index in [1.54, 1.807) is 0 Å². The third-order valence-electron chi connectivity index (χ3n) is 3.84. The van der Waals surface area contributed by atoms with Gasteiger partial charge in [0.05, 0.1) is 0 Å². The van der Waals surface area contributed by atoms with Crippen molar-refractivity contribution in [2.75, 3.05) is 6.54 Å². The standard InChI is InChI=1S/C18H31N/c1-3-5-6-7-8-9-10-11-14-18-15-12-13-17-19(18)16-4-2/h4,12-13,15,17-18H,2-3,5-11,14,16H2,1H3. The Hall–Kier alpha value is -0.980. The molecule has 1 atom stereocenters. The Bertz CT molecular complexity index is 277. The average Bonchev–Trinajstić information content (AvgIpc) is 2.44. The molecule has 1 rings (SSSR count). The Morgan fingerprint density at radius 3 is 2.37 bits per heavy atom. The van der Waals surface area contributed by atoms with Gasteiger partial charge in [0.2, 0.25) is 0 Å². The lowest BCUT2D eigenvalue weighted by molar-refractivity contribution is 0.322. The second-order valence-corrected chi connectivity index (χ2v) is 5.54. The van der Waals surface area contributed by atoms with Crippen LogP contribution in [-0.4, -0.2) is 17.5 Å². The molecule has 0 saturated heterocycles. The summed E-state index contributed by atoms with van der Waals surface area (Å²) in [6.45, 7) is 7.07. The summed E-state index contributed by atoms with van der Waals surface area (Å²) < 4.78 is 0. The third-order valence-corrected chi connectivity index (χ3v) is 3.84. The van der Waals surface area contributed by atoms with E-state index in [4.69, 9.17) is 0 Å². The third kappa shape index (κ3) is 7.25. The molecule has 1 heterocycles. The van der Waals surface area contributed by atoms with E-state index in [0.717, 1.165) is 6.54 Å². The van der Waals surface area contributed by atoms with E-state index in [0.29, 0.717) is 6.04 Å². The van der Waals surface area contributed by atoms with Gasteiger partial charge in [0, 0.05) is 12.6 Å². The van der Waals surface area contributed by atoms with E-state index in [-0.39, 0.29) is 0 Å². The number of hydrogen-bond acceptors (Lipinski definition) is 1. The molecule has 0 aromatic rings. The van der Waals surface area contributed by atoms with Crippen LogP contribution in [0.2, 0.25) is 0 Å². The van der Waals surface area contributed by atoms with Crippen molar-refractivity contribution in [1.29, 1.82) is 0 Å². The fraction of sp³-hybridized carbons (Fsp3) is 0.667. The Labute approximate surface area is 120 Å². The molecule has 1 nitrogen and oxygen atoms in total. The molecular formula is C18H31N. The van der Waals surface area contributed by atoms with E-state index in [1.807, 2.05) is 6.08 Å². The van der Waals surface area contributed by atoms with Crippen LogP contribution in [0.1, 0.15) is 64.7 Å². The van der Waals surface area contributed by atoms with Crippen LogP contribution in [0.3, 0.4) is 0 Å². The van der Waals surface area contributed by atoms with Crippen molar-refractivity contribution in [3.63, 3.8) is 0 Å². The molecule has 0 fully saturated rings. The molecule has 19 heavy (non-hydrogen) atoms. The first-order chi connectivity index (χ1) is 9.38. The van der Waals surface area contributed by atoms with Crippen LogP contribution in [0.4, 0.5) is 0 Å². The first-order valence-corrected chi connectivity index (χ1v) is 8.10. The van der Waals surface area contributed by atoms with E-state index in [1.165, 1.54) is 57.8 Å². The molecule has 0 aromatic heterocycles. The number of hydrogen-bond donors (Lipinski definition) is 0. The van der Waals surface area contributed by atoms with Gasteiger partial charge < -0.3 is 4.90 Å². The summed E-state index contributed by atoms with van der Waals surface area (Å²) in [6, 6.07) is 0.586. The zero-order valence-corrected chi connectivity index (χ0v) is 12.7. The summed E-state index contributed by atoms with van der Waals surface area (Å²) in [4.78, 5) is 2.38. The highest BCUT2D eigenvalue weighted by Crippen LogP contribution is 2.16.